The second-order valence-corrected chi connectivity index (χ2v) is 5.79. The molecule has 1 rings (SSSR count). The van der Waals surface area contributed by atoms with E-state index in [0.29, 0.717) is 19.0 Å². The van der Waals surface area contributed by atoms with E-state index < -0.39 is 5.97 Å². The molecule has 1 N–H and O–H groups in total. The molecule has 0 spiro atoms. The molecule has 0 unspecified atom stereocenters. The first-order valence-electron chi connectivity index (χ1n) is 7.19. The summed E-state index contributed by atoms with van der Waals surface area (Å²) in [4.78, 5) is 26.5. The molecule has 0 heterocycles. The van der Waals surface area contributed by atoms with Crippen LogP contribution >= 0.6 is 0 Å². The van der Waals surface area contributed by atoms with Crippen LogP contribution in [-0.4, -0.2) is 53.1 Å². The Hall–Kier alpha value is -1.26. The maximum Gasteiger partial charge on any atom is 0.323 e. The number of carbonyl (C=O) groups is 2. The Labute approximate surface area is 115 Å². The van der Waals surface area contributed by atoms with Crippen LogP contribution in [0, 0.1) is 11.8 Å². The summed E-state index contributed by atoms with van der Waals surface area (Å²) in [6, 6.07) is -0.134. The minimum Gasteiger partial charge on any atom is -0.480 e. The standard InChI is InChI=1S/C14H26N2O3/c1-4-15(9-12-6-5-7-12)14(19)16(8-11(2)3)10-13(17)18/h11-12H,4-10H2,1-3H3,(H,17,18). The minimum atomic E-state index is -0.950. The van der Waals surface area contributed by atoms with E-state index in [1.165, 1.54) is 24.2 Å². The van der Waals surface area contributed by atoms with E-state index in [0.717, 1.165) is 6.54 Å². The van der Waals surface area contributed by atoms with Gasteiger partial charge in [-0.2, -0.15) is 0 Å². The van der Waals surface area contributed by atoms with E-state index in [9.17, 15) is 9.59 Å². The zero-order valence-electron chi connectivity index (χ0n) is 12.3. The molecule has 5 nitrogen and oxygen atoms in total. The molecular formula is C14H26N2O3. The molecule has 5 heteroatoms. The summed E-state index contributed by atoms with van der Waals surface area (Å²) in [5.41, 5.74) is 0. The van der Waals surface area contributed by atoms with Crippen molar-refractivity contribution in [3.63, 3.8) is 0 Å². The van der Waals surface area contributed by atoms with Gasteiger partial charge in [0, 0.05) is 19.6 Å². The van der Waals surface area contributed by atoms with Crippen LogP contribution in [0.25, 0.3) is 0 Å². The van der Waals surface area contributed by atoms with Crippen molar-refractivity contribution in [2.75, 3.05) is 26.2 Å². The maximum absolute atomic E-state index is 12.4. The molecule has 19 heavy (non-hydrogen) atoms. The zero-order valence-corrected chi connectivity index (χ0v) is 12.3. The van der Waals surface area contributed by atoms with Crippen molar-refractivity contribution in [2.24, 2.45) is 11.8 Å². The van der Waals surface area contributed by atoms with Gasteiger partial charge < -0.3 is 14.9 Å². The molecule has 0 bridgehead atoms. The Morgan fingerprint density at radius 2 is 1.89 bits per heavy atom. The second kappa shape index (κ2) is 7.36. The summed E-state index contributed by atoms with van der Waals surface area (Å²) in [6.07, 6.45) is 3.63. The largest absolute Gasteiger partial charge is 0.480 e. The van der Waals surface area contributed by atoms with Gasteiger partial charge in [0.25, 0.3) is 0 Å². The monoisotopic (exact) mass is 270 g/mol. The Morgan fingerprint density at radius 1 is 1.26 bits per heavy atom. The Bertz CT molecular complexity index is 314. The molecule has 110 valence electrons. The number of hydrogen-bond acceptors (Lipinski definition) is 2. The van der Waals surface area contributed by atoms with Gasteiger partial charge in [0.2, 0.25) is 0 Å². The number of hydrogen-bond donors (Lipinski definition) is 1. The van der Waals surface area contributed by atoms with Gasteiger partial charge >= 0.3 is 12.0 Å². The lowest BCUT2D eigenvalue weighted by Gasteiger charge is -2.35. The summed E-state index contributed by atoms with van der Waals surface area (Å²) in [7, 11) is 0. The molecular weight excluding hydrogens is 244 g/mol. The van der Waals surface area contributed by atoms with Crippen molar-refractivity contribution in [2.45, 2.75) is 40.0 Å². The molecule has 1 aliphatic carbocycles. The number of carboxylic acid groups (broad SMARTS) is 1. The van der Waals surface area contributed by atoms with Crippen molar-refractivity contribution < 1.29 is 14.7 Å². The van der Waals surface area contributed by atoms with E-state index in [4.69, 9.17) is 5.11 Å². The molecule has 1 aliphatic rings. The Kier molecular flexibility index (Phi) is 6.12. The third kappa shape index (κ3) is 5.09. The number of nitrogens with zero attached hydrogens (tertiary/aromatic N) is 2. The molecule has 0 aromatic rings. The predicted octanol–water partition coefficient (Wildman–Crippen LogP) is 2.27. The summed E-state index contributed by atoms with van der Waals surface area (Å²) >= 11 is 0. The first-order chi connectivity index (χ1) is 8.93. The van der Waals surface area contributed by atoms with E-state index in [1.807, 2.05) is 20.8 Å². The van der Waals surface area contributed by atoms with Crippen LogP contribution in [0.3, 0.4) is 0 Å². The van der Waals surface area contributed by atoms with Crippen LogP contribution in [0.5, 0.6) is 0 Å². The highest BCUT2D eigenvalue weighted by Gasteiger charge is 2.27. The van der Waals surface area contributed by atoms with Gasteiger partial charge in [0.05, 0.1) is 0 Å². The fraction of sp³-hybridized carbons (Fsp3) is 0.857. The van der Waals surface area contributed by atoms with Gasteiger partial charge in [-0.25, -0.2) is 4.79 Å². The van der Waals surface area contributed by atoms with E-state index >= 15 is 0 Å². The zero-order chi connectivity index (χ0) is 14.4. The lowest BCUT2D eigenvalue weighted by Crippen LogP contribution is -2.48. The first-order valence-corrected chi connectivity index (χ1v) is 7.19. The lowest BCUT2D eigenvalue weighted by atomic mass is 9.85. The van der Waals surface area contributed by atoms with Gasteiger partial charge in [0.15, 0.2) is 0 Å². The molecule has 0 saturated heterocycles. The molecule has 2 amide bonds. The fourth-order valence-corrected chi connectivity index (χ4v) is 2.34. The second-order valence-electron chi connectivity index (χ2n) is 5.79. The van der Waals surface area contributed by atoms with Gasteiger partial charge in [-0.1, -0.05) is 20.3 Å². The summed E-state index contributed by atoms with van der Waals surface area (Å²) in [5.74, 6) is -0.0750. The van der Waals surface area contributed by atoms with Crippen LogP contribution in [0.1, 0.15) is 40.0 Å². The highest BCUT2D eigenvalue weighted by molar-refractivity contribution is 5.80. The minimum absolute atomic E-state index is 0.134. The van der Waals surface area contributed by atoms with Crippen LogP contribution in [0.4, 0.5) is 4.79 Å². The molecule has 0 radical (unpaired) electrons. The molecule has 1 fully saturated rings. The van der Waals surface area contributed by atoms with Crippen molar-refractivity contribution in [1.29, 1.82) is 0 Å². The SMILES string of the molecule is CCN(CC1CCC1)C(=O)N(CC(=O)O)CC(C)C. The van der Waals surface area contributed by atoms with Crippen molar-refractivity contribution in [1.82, 2.24) is 9.80 Å². The lowest BCUT2D eigenvalue weighted by molar-refractivity contribution is -0.137. The summed E-state index contributed by atoms with van der Waals surface area (Å²) < 4.78 is 0. The topological polar surface area (TPSA) is 60.9 Å². The van der Waals surface area contributed by atoms with Gasteiger partial charge in [-0.05, 0) is 31.6 Å². The predicted molar refractivity (Wildman–Crippen MR) is 74.0 cm³/mol. The molecule has 0 aromatic carbocycles. The van der Waals surface area contributed by atoms with Gasteiger partial charge in [0.1, 0.15) is 6.54 Å². The number of carbonyl (C=O) groups excluding carboxylic acids is 1. The van der Waals surface area contributed by atoms with Crippen molar-refractivity contribution in [3.8, 4) is 0 Å². The van der Waals surface area contributed by atoms with E-state index in [2.05, 4.69) is 0 Å². The Morgan fingerprint density at radius 3 is 2.26 bits per heavy atom. The maximum atomic E-state index is 12.4. The van der Waals surface area contributed by atoms with Crippen LogP contribution < -0.4 is 0 Å². The van der Waals surface area contributed by atoms with Crippen LogP contribution in [-0.2, 0) is 4.79 Å². The molecule has 0 aliphatic heterocycles. The normalized spacial score (nSPS) is 15.2. The molecule has 0 atom stereocenters. The van der Waals surface area contributed by atoms with Crippen molar-refractivity contribution >= 4 is 12.0 Å². The quantitative estimate of drug-likeness (QED) is 0.772. The average molecular weight is 270 g/mol. The number of urea groups is 1. The number of carboxylic acids is 1. The highest BCUT2D eigenvalue weighted by atomic mass is 16.4. The molecule has 1 saturated carbocycles. The molecule has 0 aromatic heterocycles. The third-order valence-electron chi connectivity index (χ3n) is 3.54. The summed E-state index contributed by atoms with van der Waals surface area (Å²) in [5, 5.41) is 8.93. The van der Waals surface area contributed by atoms with E-state index in [1.54, 1.807) is 4.90 Å². The average Bonchev–Trinajstić information content (AvgIpc) is 2.25. The summed E-state index contributed by atoms with van der Waals surface area (Å²) in [6.45, 7) is 7.62. The van der Waals surface area contributed by atoms with E-state index in [-0.39, 0.29) is 18.5 Å². The smallest absolute Gasteiger partial charge is 0.323 e. The van der Waals surface area contributed by atoms with Gasteiger partial charge in [-0.15, -0.1) is 0 Å². The van der Waals surface area contributed by atoms with Crippen molar-refractivity contribution in [3.05, 3.63) is 0 Å². The first kappa shape index (κ1) is 15.8. The third-order valence-corrected chi connectivity index (χ3v) is 3.54. The van der Waals surface area contributed by atoms with Crippen LogP contribution in [0.15, 0.2) is 0 Å². The highest BCUT2D eigenvalue weighted by Crippen LogP contribution is 2.27. The number of amides is 2. The van der Waals surface area contributed by atoms with Crippen LogP contribution in [0.2, 0.25) is 0 Å². The fourth-order valence-electron chi connectivity index (χ4n) is 2.34. The number of aliphatic carboxylic acids is 1. The number of rotatable bonds is 7. The van der Waals surface area contributed by atoms with Gasteiger partial charge in [-0.3, -0.25) is 4.79 Å². The Balaban J connectivity index is 2.61.